The van der Waals surface area contributed by atoms with E-state index >= 15 is 0 Å². The minimum Gasteiger partial charge on any atom is -0.346 e. The van der Waals surface area contributed by atoms with Crippen molar-refractivity contribution in [2.24, 2.45) is 5.41 Å². The van der Waals surface area contributed by atoms with E-state index in [4.69, 9.17) is 10.1 Å². The Hall–Kier alpha value is -1.95. The molecule has 5 nitrogen and oxygen atoms in total. The quantitative estimate of drug-likeness (QED) is 0.729. The third-order valence-electron chi connectivity index (χ3n) is 4.88. The lowest BCUT2D eigenvalue weighted by molar-refractivity contribution is 0.394. The fourth-order valence-electron chi connectivity index (χ4n) is 3.43. The number of nitrogens with zero attached hydrogens (tertiary/aromatic N) is 5. The van der Waals surface area contributed by atoms with Crippen molar-refractivity contribution in [3.8, 4) is 11.3 Å². The van der Waals surface area contributed by atoms with Crippen molar-refractivity contribution >= 4 is 21.4 Å². The van der Waals surface area contributed by atoms with Gasteiger partial charge in [-0.2, -0.15) is 0 Å². The second kappa shape index (κ2) is 4.52. The van der Waals surface area contributed by atoms with Gasteiger partial charge in [0.1, 0.15) is 0 Å². The Labute approximate surface area is 132 Å². The molecule has 2 aliphatic rings. The van der Waals surface area contributed by atoms with Crippen molar-refractivity contribution in [1.29, 1.82) is 0 Å². The van der Waals surface area contributed by atoms with E-state index < -0.39 is 0 Å². The van der Waals surface area contributed by atoms with Crippen molar-refractivity contribution in [1.82, 2.24) is 19.6 Å². The van der Waals surface area contributed by atoms with E-state index in [9.17, 15) is 0 Å². The van der Waals surface area contributed by atoms with E-state index in [1.165, 1.54) is 32.2 Å². The van der Waals surface area contributed by atoms with Gasteiger partial charge in [0.05, 0.1) is 11.9 Å². The molecule has 0 radical (unpaired) electrons. The summed E-state index contributed by atoms with van der Waals surface area (Å²) in [5, 5.41) is 5.87. The summed E-state index contributed by atoms with van der Waals surface area (Å²) >= 11 is 1.69. The molecule has 3 aromatic heterocycles. The highest BCUT2D eigenvalue weighted by atomic mass is 32.1. The molecule has 1 aliphatic heterocycles. The first-order valence-corrected chi connectivity index (χ1v) is 8.65. The second-order valence-electron chi connectivity index (χ2n) is 6.50. The highest BCUT2D eigenvalue weighted by molar-refractivity contribution is 7.20. The van der Waals surface area contributed by atoms with Crippen LogP contribution in [0.5, 0.6) is 0 Å². The predicted octanol–water partition coefficient (Wildman–Crippen LogP) is 3.23. The summed E-state index contributed by atoms with van der Waals surface area (Å²) in [6.07, 6.45) is 11.1. The average molecular weight is 311 g/mol. The van der Waals surface area contributed by atoms with E-state index in [0.717, 1.165) is 27.9 Å². The topological polar surface area (TPSA) is 46.3 Å². The van der Waals surface area contributed by atoms with Gasteiger partial charge in [-0.05, 0) is 43.2 Å². The Kier molecular flexibility index (Phi) is 2.59. The summed E-state index contributed by atoms with van der Waals surface area (Å²) in [6, 6.07) is 3.96. The van der Waals surface area contributed by atoms with Crippen molar-refractivity contribution in [2.75, 3.05) is 18.0 Å². The number of imidazole rings is 1. The molecular formula is C16H17N5S. The molecule has 0 bridgehead atoms. The number of rotatable bonds is 2. The summed E-state index contributed by atoms with van der Waals surface area (Å²) in [7, 11) is 0. The molecule has 1 saturated carbocycles. The smallest absolute Gasteiger partial charge is 0.214 e. The van der Waals surface area contributed by atoms with Gasteiger partial charge in [-0.25, -0.2) is 9.50 Å². The molecule has 0 atom stereocenters. The van der Waals surface area contributed by atoms with Gasteiger partial charge < -0.3 is 4.90 Å². The summed E-state index contributed by atoms with van der Waals surface area (Å²) in [4.78, 5) is 12.3. The summed E-state index contributed by atoms with van der Waals surface area (Å²) < 4.78 is 1.91. The molecule has 5 rings (SSSR count). The Bertz CT molecular complexity index is 786. The summed E-state index contributed by atoms with van der Waals surface area (Å²) in [6.45, 7) is 2.31. The summed E-state index contributed by atoms with van der Waals surface area (Å²) in [5.74, 6) is 0. The van der Waals surface area contributed by atoms with Gasteiger partial charge >= 0.3 is 0 Å². The number of hydrogen-bond donors (Lipinski definition) is 0. The van der Waals surface area contributed by atoms with Crippen LogP contribution in [-0.4, -0.2) is 32.7 Å². The van der Waals surface area contributed by atoms with Gasteiger partial charge in [-0.15, -0.1) is 5.10 Å². The molecule has 4 heterocycles. The van der Waals surface area contributed by atoms with Gasteiger partial charge in [0.2, 0.25) is 10.1 Å². The van der Waals surface area contributed by atoms with Crippen LogP contribution in [0, 0.1) is 5.41 Å². The minimum atomic E-state index is 0.618. The molecule has 1 saturated heterocycles. The number of fused-ring (bicyclic) bond motifs is 1. The zero-order valence-electron chi connectivity index (χ0n) is 12.3. The highest BCUT2D eigenvalue weighted by Crippen LogP contribution is 2.52. The maximum absolute atomic E-state index is 4.75. The summed E-state index contributed by atoms with van der Waals surface area (Å²) in [5.41, 5.74) is 2.60. The van der Waals surface area contributed by atoms with Crippen LogP contribution in [0.3, 0.4) is 0 Å². The molecule has 1 aliphatic carbocycles. The first-order chi connectivity index (χ1) is 10.8. The lowest BCUT2D eigenvalue weighted by Crippen LogP contribution is -2.36. The van der Waals surface area contributed by atoms with E-state index in [2.05, 4.69) is 9.88 Å². The largest absolute Gasteiger partial charge is 0.346 e. The van der Waals surface area contributed by atoms with E-state index in [1.54, 1.807) is 17.5 Å². The first kappa shape index (κ1) is 12.6. The third kappa shape index (κ3) is 2.01. The maximum Gasteiger partial charge on any atom is 0.214 e. The minimum absolute atomic E-state index is 0.618. The highest BCUT2D eigenvalue weighted by Gasteiger charge is 2.45. The number of piperidine rings is 1. The Morgan fingerprint density at radius 2 is 2.18 bits per heavy atom. The van der Waals surface area contributed by atoms with Crippen LogP contribution < -0.4 is 4.90 Å². The van der Waals surface area contributed by atoms with E-state index in [0.29, 0.717) is 5.41 Å². The fraction of sp³-hybridized carbons (Fsp3) is 0.438. The monoisotopic (exact) mass is 311 g/mol. The Balaban J connectivity index is 1.46. The molecule has 22 heavy (non-hydrogen) atoms. The van der Waals surface area contributed by atoms with Crippen LogP contribution in [0.25, 0.3) is 16.2 Å². The van der Waals surface area contributed by atoms with Crippen LogP contribution in [0.4, 0.5) is 5.13 Å². The van der Waals surface area contributed by atoms with Crippen LogP contribution in [0.15, 0.2) is 30.7 Å². The molecule has 0 amide bonds. The fourth-order valence-corrected chi connectivity index (χ4v) is 4.33. The lowest BCUT2D eigenvalue weighted by Gasteiger charge is -2.32. The third-order valence-corrected chi connectivity index (χ3v) is 5.86. The molecule has 0 aromatic carbocycles. The lowest BCUT2D eigenvalue weighted by atomic mass is 9.96. The SMILES string of the molecule is c1cncc(-c2cn3nc(N4CCCC5(CC5)C4)sc3n2)c1. The molecular weight excluding hydrogens is 294 g/mol. The molecule has 6 heteroatoms. The maximum atomic E-state index is 4.75. The molecule has 0 N–H and O–H groups in total. The van der Waals surface area contributed by atoms with Gasteiger partial charge in [-0.3, -0.25) is 4.98 Å². The number of hydrogen-bond acceptors (Lipinski definition) is 5. The van der Waals surface area contributed by atoms with Crippen LogP contribution in [0.1, 0.15) is 25.7 Å². The molecule has 112 valence electrons. The van der Waals surface area contributed by atoms with E-state index in [1.807, 2.05) is 29.0 Å². The molecule has 0 unspecified atom stereocenters. The molecule has 3 aromatic rings. The van der Waals surface area contributed by atoms with Crippen LogP contribution in [-0.2, 0) is 0 Å². The van der Waals surface area contributed by atoms with Gasteiger partial charge in [-0.1, -0.05) is 11.3 Å². The predicted molar refractivity (Wildman–Crippen MR) is 87.2 cm³/mol. The van der Waals surface area contributed by atoms with E-state index in [-0.39, 0.29) is 0 Å². The van der Waals surface area contributed by atoms with Gasteiger partial charge in [0.15, 0.2) is 0 Å². The zero-order chi connectivity index (χ0) is 14.6. The van der Waals surface area contributed by atoms with Gasteiger partial charge in [0, 0.05) is 31.0 Å². The standard InChI is InChI=1S/C16H17N5S/c1-3-12(9-17-7-1)13-10-21-14(18-13)22-15(19-21)20-8-2-4-16(11-20)5-6-16/h1,3,7,9-10H,2,4-6,8,11H2. The Morgan fingerprint density at radius 1 is 1.23 bits per heavy atom. The normalized spacial score (nSPS) is 19.9. The van der Waals surface area contributed by atoms with Gasteiger partial charge in [0.25, 0.3) is 0 Å². The molecule has 2 fully saturated rings. The van der Waals surface area contributed by atoms with Crippen molar-refractivity contribution in [3.05, 3.63) is 30.7 Å². The van der Waals surface area contributed by atoms with Crippen molar-refractivity contribution in [2.45, 2.75) is 25.7 Å². The Morgan fingerprint density at radius 3 is 2.95 bits per heavy atom. The second-order valence-corrected chi connectivity index (χ2v) is 7.44. The van der Waals surface area contributed by atoms with Crippen LogP contribution >= 0.6 is 11.3 Å². The number of anilines is 1. The van der Waals surface area contributed by atoms with Crippen molar-refractivity contribution in [3.63, 3.8) is 0 Å². The number of pyridine rings is 1. The van der Waals surface area contributed by atoms with Crippen LogP contribution in [0.2, 0.25) is 0 Å². The average Bonchev–Trinajstić information content (AvgIpc) is 2.99. The first-order valence-electron chi connectivity index (χ1n) is 7.83. The number of aromatic nitrogens is 4. The molecule has 1 spiro atoms. The van der Waals surface area contributed by atoms with Crippen molar-refractivity contribution < 1.29 is 0 Å². The zero-order valence-corrected chi connectivity index (χ0v) is 13.1.